The number of primary amides is 1. The van der Waals surface area contributed by atoms with Gasteiger partial charge >= 0.3 is 0 Å². The quantitative estimate of drug-likeness (QED) is 0.926. The van der Waals surface area contributed by atoms with Crippen molar-refractivity contribution >= 4 is 33.3 Å². The smallest absolute Gasteiger partial charge is 0.258 e. The van der Waals surface area contributed by atoms with Crippen LogP contribution in [0.5, 0.6) is 0 Å². The molecule has 2 aromatic rings. The molecule has 0 aromatic carbocycles. The predicted octanol–water partition coefficient (Wildman–Crippen LogP) is 1.57. The number of amides is 1. The molecule has 0 bridgehead atoms. The van der Waals surface area contributed by atoms with Crippen LogP contribution in [-0.4, -0.2) is 54.5 Å². The first-order valence-corrected chi connectivity index (χ1v) is 8.30. The summed E-state index contributed by atoms with van der Waals surface area (Å²) < 4.78 is 0.961. The molecule has 0 saturated carbocycles. The zero-order valence-corrected chi connectivity index (χ0v) is 13.8. The van der Waals surface area contributed by atoms with Gasteiger partial charge in [0.15, 0.2) is 0 Å². The van der Waals surface area contributed by atoms with Gasteiger partial charge in [-0.25, -0.2) is 9.97 Å². The van der Waals surface area contributed by atoms with Crippen molar-refractivity contribution in [3.63, 3.8) is 0 Å². The minimum Gasteiger partial charge on any atom is -0.365 e. The first-order valence-electron chi connectivity index (χ1n) is 7.48. The van der Waals surface area contributed by atoms with Crippen LogP contribution in [0.3, 0.4) is 0 Å². The molecule has 1 amide bonds. The van der Waals surface area contributed by atoms with Gasteiger partial charge in [0.1, 0.15) is 12.1 Å². The highest BCUT2D eigenvalue weighted by atomic mass is 32.1. The molecule has 0 aliphatic carbocycles. The third-order valence-corrected chi connectivity index (χ3v) is 5.21. The minimum absolute atomic E-state index is 0.404. The number of aromatic nitrogens is 2. The van der Waals surface area contributed by atoms with Gasteiger partial charge in [0.25, 0.3) is 5.91 Å². The van der Waals surface area contributed by atoms with Crippen molar-refractivity contribution < 1.29 is 4.79 Å². The largest absolute Gasteiger partial charge is 0.365 e. The number of thiophene rings is 1. The van der Waals surface area contributed by atoms with E-state index in [0.29, 0.717) is 4.88 Å². The van der Waals surface area contributed by atoms with Crippen molar-refractivity contribution in [2.45, 2.75) is 12.8 Å². The molecule has 0 unspecified atom stereocenters. The lowest BCUT2D eigenvalue weighted by Crippen LogP contribution is -2.37. The van der Waals surface area contributed by atoms with E-state index in [2.05, 4.69) is 33.9 Å². The van der Waals surface area contributed by atoms with Gasteiger partial charge in [0.05, 0.1) is 15.1 Å². The summed E-state index contributed by atoms with van der Waals surface area (Å²) in [5, 5.41) is 0. The number of hydrogen-bond donors (Lipinski definition) is 1. The Morgan fingerprint density at radius 1 is 1.41 bits per heavy atom. The van der Waals surface area contributed by atoms with E-state index in [1.807, 2.05) is 0 Å². The molecule has 118 valence electrons. The van der Waals surface area contributed by atoms with E-state index in [-0.39, 0.29) is 0 Å². The van der Waals surface area contributed by atoms with E-state index in [4.69, 9.17) is 5.73 Å². The van der Waals surface area contributed by atoms with E-state index >= 15 is 0 Å². The number of piperidine rings is 1. The Morgan fingerprint density at radius 2 is 2.14 bits per heavy atom. The van der Waals surface area contributed by atoms with Crippen molar-refractivity contribution in [3.8, 4) is 0 Å². The summed E-state index contributed by atoms with van der Waals surface area (Å²) in [6.07, 6.45) is 3.90. The molecule has 0 spiro atoms. The number of hydrogen-bond acceptors (Lipinski definition) is 6. The summed E-state index contributed by atoms with van der Waals surface area (Å²) in [6.45, 7) is 3.13. The molecule has 3 heterocycles. The van der Waals surface area contributed by atoms with Gasteiger partial charge < -0.3 is 15.5 Å². The Morgan fingerprint density at radius 3 is 2.77 bits per heavy atom. The van der Waals surface area contributed by atoms with Crippen molar-refractivity contribution in [1.82, 2.24) is 14.9 Å². The number of nitrogens with two attached hydrogens (primary N) is 1. The Balaban J connectivity index is 1.81. The summed E-state index contributed by atoms with van der Waals surface area (Å²) in [4.78, 5) is 25.2. The van der Waals surface area contributed by atoms with Gasteiger partial charge in [0, 0.05) is 19.6 Å². The van der Waals surface area contributed by atoms with Crippen LogP contribution in [0.2, 0.25) is 0 Å². The number of nitrogens with zero attached hydrogens (tertiary/aromatic N) is 4. The fraction of sp³-hybridized carbons (Fsp3) is 0.533. The minimum atomic E-state index is -0.404. The average molecular weight is 319 g/mol. The van der Waals surface area contributed by atoms with Crippen LogP contribution in [-0.2, 0) is 0 Å². The van der Waals surface area contributed by atoms with Gasteiger partial charge in [0.2, 0.25) is 0 Å². The first kappa shape index (κ1) is 15.2. The summed E-state index contributed by atoms with van der Waals surface area (Å²) in [5.74, 6) is 1.28. The van der Waals surface area contributed by atoms with Crippen LogP contribution in [0.25, 0.3) is 10.2 Å². The normalized spacial score (nSPS) is 16.6. The molecule has 6 nitrogen and oxygen atoms in total. The lowest BCUT2D eigenvalue weighted by Gasteiger charge is -2.34. The summed E-state index contributed by atoms with van der Waals surface area (Å²) in [6, 6.07) is 1.76. The second-order valence-electron chi connectivity index (χ2n) is 6.08. The maximum atomic E-state index is 11.4. The molecule has 0 radical (unpaired) electrons. The molecular formula is C15H21N5OS. The van der Waals surface area contributed by atoms with Crippen LogP contribution < -0.4 is 10.6 Å². The fourth-order valence-electron chi connectivity index (χ4n) is 3.03. The Kier molecular flexibility index (Phi) is 4.26. The highest BCUT2D eigenvalue weighted by Crippen LogP contribution is 2.33. The predicted molar refractivity (Wildman–Crippen MR) is 89.4 cm³/mol. The zero-order chi connectivity index (χ0) is 15.7. The van der Waals surface area contributed by atoms with Crippen LogP contribution in [0.1, 0.15) is 22.5 Å². The Labute approximate surface area is 133 Å². The molecule has 1 saturated heterocycles. The highest BCUT2D eigenvalue weighted by Gasteiger charge is 2.23. The molecule has 3 rings (SSSR count). The fourth-order valence-corrected chi connectivity index (χ4v) is 4.01. The molecule has 2 N–H and O–H groups in total. The summed E-state index contributed by atoms with van der Waals surface area (Å²) >= 11 is 1.39. The lowest BCUT2D eigenvalue weighted by atomic mass is 9.96. The Hall–Kier alpha value is -1.73. The molecule has 1 aliphatic rings. The number of rotatable bonds is 4. The van der Waals surface area contributed by atoms with E-state index in [0.717, 1.165) is 54.4 Å². The summed E-state index contributed by atoms with van der Waals surface area (Å²) in [7, 11) is 4.24. The van der Waals surface area contributed by atoms with E-state index in [9.17, 15) is 4.79 Å². The van der Waals surface area contributed by atoms with Crippen LogP contribution in [0.15, 0.2) is 12.4 Å². The standard InChI is InChI=1S/C15H21N5OS/c1-19(2)8-10-3-5-20(6-4-10)15-13-11(17-9-18-15)7-12(22-13)14(16)21/h7,9-10H,3-6,8H2,1-2H3,(H2,16,21). The Bertz CT molecular complexity index is 676. The molecule has 7 heteroatoms. The van der Waals surface area contributed by atoms with Crippen LogP contribution in [0, 0.1) is 5.92 Å². The number of carbonyl (C=O) groups excluding carboxylic acids is 1. The van der Waals surface area contributed by atoms with Gasteiger partial charge in [-0.15, -0.1) is 11.3 Å². The topological polar surface area (TPSA) is 75.3 Å². The van der Waals surface area contributed by atoms with Crippen molar-refractivity contribution in [2.24, 2.45) is 11.7 Å². The number of carbonyl (C=O) groups is 1. The second-order valence-corrected chi connectivity index (χ2v) is 7.13. The van der Waals surface area contributed by atoms with Gasteiger partial charge in [-0.1, -0.05) is 0 Å². The average Bonchev–Trinajstić information content (AvgIpc) is 2.91. The van der Waals surface area contributed by atoms with Gasteiger partial charge in [-0.2, -0.15) is 0 Å². The van der Waals surface area contributed by atoms with Crippen molar-refractivity contribution in [2.75, 3.05) is 38.6 Å². The van der Waals surface area contributed by atoms with E-state index < -0.39 is 5.91 Å². The maximum absolute atomic E-state index is 11.4. The molecule has 1 aliphatic heterocycles. The zero-order valence-electron chi connectivity index (χ0n) is 13.0. The SMILES string of the molecule is CN(C)CC1CCN(c2ncnc3cc(C(N)=O)sc23)CC1. The van der Waals surface area contributed by atoms with Crippen molar-refractivity contribution in [1.29, 1.82) is 0 Å². The van der Waals surface area contributed by atoms with Crippen LogP contribution in [0.4, 0.5) is 5.82 Å². The van der Waals surface area contributed by atoms with E-state index in [1.54, 1.807) is 12.4 Å². The number of fused-ring (bicyclic) bond motifs is 1. The third kappa shape index (κ3) is 3.05. The molecule has 22 heavy (non-hydrogen) atoms. The highest BCUT2D eigenvalue weighted by molar-refractivity contribution is 7.21. The summed E-state index contributed by atoms with van der Waals surface area (Å²) in [5.41, 5.74) is 6.18. The molecule has 1 fully saturated rings. The van der Waals surface area contributed by atoms with Crippen molar-refractivity contribution in [3.05, 3.63) is 17.3 Å². The lowest BCUT2D eigenvalue weighted by molar-refractivity contribution is 0.100. The number of anilines is 1. The van der Waals surface area contributed by atoms with Gasteiger partial charge in [-0.05, 0) is 38.9 Å². The van der Waals surface area contributed by atoms with E-state index in [1.165, 1.54) is 11.3 Å². The van der Waals surface area contributed by atoms with Gasteiger partial charge in [-0.3, -0.25) is 4.79 Å². The third-order valence-electron chi connectivity index (χ3n) is 4.07. The second kappa shape index (κ2) is 6.18. The molecule has 0 atom stereocenters. The van der Waals surface area contributed by atoms with Crippen LogP contribution >= 0.6 is 11.3 Å². The first-order chi connectivity index (χ1) is 10.5. The molecule has 2 aromatic heterocycles. The maximum Gasteiger partial charge on any atom is 0.258 e. The molecular weight excluding hydrogens is 298 g/mol. The monoisotopic (exact) mass is 319 g/mol.